The Labute approximate surface area is 255 Å². The van der Waals surface area contributed by atoms with E-state index < -0.39 is 0 Å². The van der Waals surface area contributed by atoms with Crippen molar-refractivity contribution in [2.75, 3.05) is 37.6 Å². The highest BCUT2D eigenvalue weighted by atomic mass is 79.9. The summed E-state index contributed by atoms with van der Waals surface area (Å²) in [5.41, 5.74) is 19.8. The third-order valence-electron chi connectivity index (χ3n) is 8.18. The molecule has 0 aliphatic carbocycles. The zero-order valence-electron chi connectivity index (χ0n) is 23.5. The van der Waals surface area contributed by atoms with Crippen LogP contribution in [0.15, 0.2) is 47.7 Å². The minimum absolute atomic E-state index is 0.363. The van der Waals surface area contributed by atoms with Crippen molar-refractivity contribution in [3.63, 3.8) is 0 Å². The molecule has 2 aliphatic heterocycles. The molecule has 2 atom stereocenters. The van der Waals surface area contributed by atoms with Crippen LogP contribution in [0, 0.1) is 0 Å². The van der Waals surface area contributed by atoms with E-state index in [1.54, 1.807) is 33.8 Å². The number of halogens is 1. The number of nitrogens with one attached hydrogen (secondary N) is 4. The Morgan fingerprint density at radius 3 is 1.95 bits per heavy atom. The van der Waals surface area contributed by atoms with Gasteiger partial charge in [0.25, 0.3) is 0 Å². The lowest BCUT2D eigenvalue weighted by Gasteiger charge is -2.23. The molecule has 8 heterocycles. The van der Waals surface area contributed by atoms with Crippen LogP contribution in [0.1, 0.15) is 48.9 Å². The maximum atomic E-state index is 6.26. The number of H-pyrrole nitrogens is 2. The van der Waals surface area contributed by atoms with E-state index in [1.165, 1.54) is 6.42 Å². The van der Waals surface area contributed by atoms with Crippen LogP contribution in [-0.2, 0) is 0 Å². The second-order valence-electron chi connectivity index (χ2n) is 10.9. The fourth-order valence-electron chi connectivity index (χ4n) is 5.89. The number of aromatic nitrogens is 10. The summed E-state index contributed by atoms with van der Waals surface area (Å²) in [4.78, 5) is 9.68. The fourth-order valence-corrected chi connectivity index (χ4v) is 6.47. The van der Waals surface area contributed by atoms with Gasteiger partial charge in [0.05, 0.1) is 40.6 Å². The summed E-state index contributed by atoms with van der Waals surface area (Å²) in [5, 5.41) is 29.2. The Morgan fingerprint density at radius 2 is 1.37 bits per heavy atom. The van der Waals surface area contributed by atoms with E-state index in [1.807, 2.05) is 18.5 Å². The molecule has 15 heteroatoms. The highest BCUT2D eigenvalue weighted by Gasteiger charge is 2.24. The Kier molecular flexibility index (Phi) is 7.51. The van der Waals surface area contributed by atoms with Crippen molar-refractivity contribution in [1.29, 1.82) is 0 Å². The summed E-state index contributed by atoms with van der Waals surface area (Å²) in [7, 11) is 0. The van der Waals surface area contributed by atoms with Gasteiger partial charge in [0.15, 0.2) is 11.3 Å². The molecule has 0 spiro atoms. The zero-order valence-corrected chi connectivity index (χ0v) is 25.0. The summed E-state index contributed by atoms with van der Waals surface area (Å²) in [6, 6.07) is 1.94. The maximum absolute atomic E-state index is 6.26. The first kappa shape index (κ1) is 27.5. The Balaban J connectivity index is 0.000000140. The molecule has 0 aromatic carbocycles. The molecule has 0 radical (unpaired) electrons. The lowest BCUT2D eigenvalue weighted by Crippen LogP contribution is -2.29. The monoisotopic (exact) mass is 644 g/mol. The normalized spacial score (nSPS) is 19.0. The first-order valence-corrected chi connectivity index (χ1v) is 15.2. The number of hydrogen-bond acceptors (Lipinski definition) is 10. The van der Waals surface area contributed by atoms with Gasteiger partial charge in [-0.2, -0.15) is 29.4 Å². The lowest BCUT2D eigenvalue weighted by atomic mass is 9.96. The number of hydrogen-bond donors (Lipinski definition) is 6. The van der Waals surface area contributed by atoms with E-state index in [0.717, 1.165) is 94.9 Å². The summed E-state index contributed by atoms with van der Waals surface area (Å²) in [5.74, 6) is 1.98. The third-order valence-corrected chi connectivity index (χ3v) is 9.00. The van der Waals surface area contributed by atoms with E-state index in [-0.39, 0.29) is 0 Å². The minimum Gasteiger partial charge on any atom is -0.384 e. The van der Waals surface area contributed by atoms with Gasteiger partial charge in [0, 0.05) is 65.6 Å². The van der Waals surface area contributed by atoms with Gasteiger partial charge in [0.2, 0.25) is 0 Å². The second kappa shape index (κ2) is 11.7. The predicted molar refractivity (Wildman–Crippen MR) is 167 cm³/mol. The highest BCUT2D eigenvalue weighted by Crippen LogP contribution is 2.35. The molecular weight excluding hydrogens is 612 g/mol. The predicted octanol–water partition coefficient (Wildman–Crippen LogP) is 3.10. The van der Waals surface area contributed by atoms with Crippen molar-refractivity contribution >= 4 is 38.9 Å². The summed E-state index contributed by atoms with van der Waals surface area (Å²) >= 11 is 3.60. The number of rotatable bonds is 4. The van der Waals surface area contributed by atoms with Gasteiger partial charge < -0.3 is 22.1 Å². The van der Waals surface area contributed by atoms with Gasteiger partial charge in [-0.3, -0.25) is 10.2 Å². The van der Waals surface area contributed by atoms with Crippen molar-refractivity contribution in [2.45, 2.75) is 37.5 Å². The van der Waals surface area contributed by atoms with Crippen LogP contribution in [0.4, 0.5) is 11.6 Å². The number of fused-ring (bicyclic) bond motifs is 2. The fraction of sp³-hybridized carbons (Fsp3) is 0.357. The van der Waals surface area contributed by atoms with E-state index in [2.05, 4.69) is 57.2 Å². The van der Waals surface area contributed by atoms with Crippen LogP contribution in [0.2, 0.25) is 0 Å². The molecule has 0 bridgehead atoms. The van der Waals surface area contributed by atoms with Crippen LogP contribution < -0.4 is 22.1 Å². The van der Waals surface area contributed by atoms with Gasteiger partial charge in [-0.15, -0.1) is 0 Å². The number of anilines is 2. The van der Waals surface area contributed by atoms with Crippen molar-refractivity contribution in [1.82, 2.24) is 60.2 Å². The molecule has 2 saturated heterocycles. The highest BCUT2D eigenvalue weighted by molar-refractivity contribution is 9.10. The number of nitrogens with two attached hydrogens (primary N) is 2. The molecule has 2 fully saturated rings. The first-order valence-electron chi connectivity index (χ1n) is 14.4. The Morgan fingerprint density at radius 1 is 0.767 bits per heavy atom. The number of aromatic amines is 2. The van der Waals surface area contributed by atoms with E-state index in [0.29, 0.717) is 23.5 Å². The molecule has 2 unspecified atom stereocenters. The van der Waals surface area contributed by atoms with Crippen LogP contribution in [0.3, 0.4) is 0 Å². The molecule has 14 nitrogen and oxygen atoms in total. The number of piperidine rings is 2. The molecule has 6 aromatic heterocycles. The quantitative estimate of drug-likeness (QED) is 0.166. The molecule has 8 N–H and O–H groups in total. The third kappa shape index (κ3) is 5.23. The zero-order chi connectivity index (χ0) is 29.3. The van der Waals surface area contributed by atoms with Gasteiger partial charge in [-0.25, -0.2) is 9.97 Å². The standard InChI is InChI=1S/C14H16BrN7.C14H17N7/c15-11-12(8-2-1-3-17-4-8)21-14-10(9-5-18-19-6-9)7-20-22(14)13(11)16;15-13-4-12(9-2-1-3-16-5-9)20-14-11(8-19-21(13)14)10-6-17-18-7-10/h5-8,17H,1-4,16H2,(H,18,19);4,6-9,16H,1-3,5,15H2,(H,17,18). The van der Waals surface area contributed by atoms with Crippen molar-refractivity contribution in [3.05, 3.63) is 59.1 Å². The van der Waals surface area contributed by atoms with E-state index in [9.17, 15) is 0 Å². The van der Waals surface area contributed by atoms with Crippen molar-refractivity contribution in [3.8, 4) is 22.3 Å². The minimum atomic E-state index is 0.363. The largest absolute Gasteiger partial charge is 0.384 e. The first-order chi connectivity index (χ1) is 21.1. The van der Waals surface area contributed by atoms with Crippen LogP contribution >= 0.6 is 15.9 Å². The second-order valence-corrected chi connectivity index (χ2v) is 11.7. The topological polar surface area (TPSA) is 194 Å². The molecule has 2 aliphatic rings. The van der Waals surface area contributed by atoms with Crippen LogP contribution in [-0.4, -0.2) is 75.8 Å². The average molecular weight is 646 g/mol. The van der Waals surface area contributed by atoms with Gasteiger partial charge in [0.1, 0.15) is 11.6 Å². The van der Waals surface area contributed by atoms with Gasteiger partial charge in [-0.1, -0.05) is 0 Å². The summed E-state index contributed by atoms with van der Waals surface area (Å²) in [6.07, 6.45) is 15.3. The molecule has 0 amide bonds. The van der Waals surface area contributed by atoms with Crippen LogP contribution in [0.5, 0.6) is 0 Å². The summed E-state index contributed by atoms with van der Waals surface area (Å²) in [6.45, 7) is 4.04. The molecule has 6 aromatic rings. The van der Waals surface area contributed by atoms with Crippen LogP contribution in [0.25, 0.3) is 33.5 Å². The SMILES string of the molecule is Nc1c(Br)c(C2CCCNC2)nc2c(-c3cn[nH]c3)cnn12.Nc1cc(C2CCCNC2)nc2c(-c3cn[nH]c3)cnn12. The van der Waals surface area contributed by atoms with Gasteiger partial charge in [-0.05, 0) is 54.7 Å². The maximum Gasteiger partial charge on any atom is 0.165 e. The van der Waals surface area contributed by atoms with E-state index in [4.69, 9.17) is 21.4 Å². The van der Waals surface area contributed by atoms with E-state index >= 15 is 0 Å². The molecule has 43 heavy (non-hydrogen) atoms. The molecule has 222 valence electrons. The molecule has 0 saturated carbocycles. The number of nitrogen functional groups attached to an aromatic ring is 2. The van der Waals surface area contributed by atoms with Gasteiger partial charge >= 0.3 is 0 Å². The average Bonchev–Trinajstić information content (AvgIpc) is 3.87. The molecule has 8 rings (SSSR count). The Hall–Kier alpha value is -4.34. The Bertz CT molecular complexity index is 1830. The van der Waals surface area contributed by atoms with Crippen molar-refractivity contribution in [2.24, 2.45) is 0 Å². The molecular formula is C28H33BrN14. The van der Waals surface area contributed by atoms with Crippen molar-refractivity contribution < 1.29 is 0 Å². The summed E-state index contributed by atoms with van der Waals surface area (Å²) < 4.78 is 4.20. The lowest BCUT2D eigenvalue weighted by molar-refractivity contribution is 0.453. The number of nitrogens with zero attached hydrogens (tertiary/aromatic N) is 8. The smallest absolute Gasteiger partial charge is 0.165 e.